The molecule has 0 radical (unpaired) electrons. The number of halogens is 2. The lowest BCUT2D eigenvalue weighted by Gasteiger charge is -2.21. The molecule has 1 aliphatic carbocycles. The Labute approximate surface area is 237 Å². The molecule has 2 aliphatic rings. The molecule has 3 aromatic carbocycles. The zero-order valence-electron chi connectivity index (χ0n) is 21.2. The first-order valence-corrected chi connectivity index (χ1v) is 16.0. The van der Waals surface area contributed by atoms with Gasteiger partial charge in [0.05, 0.1) is 28.4 Å². The van der Waals surface area contributed by atoms with E-state index < -0.39 is 31.3 Å². The van der Waals surface area contributed by atoms with Crippen molar-refractivity contribution < 1.29 is 21.2 Å². The average molecular weight is 604 g/mol. The fourth-order valence-electron chi connectivity index (χ4n) is 4.91. The number of primary sulfonamides is 1. The van der Waals surface area contributed by atoms with Gasteiger partial charge in [0.1, 0.15) is 5.82 Å². The van der Waals surface area contributed by atoms with E-state index in [0.717, 1.165) is 5.56 Å². The number of sulfonamides is 2. The molecule has 1 fully saturated rings. The molecule has 210 valence electrons. The van der Waals surface area contributed by atoms with E-state index in [-0.39, 0.29) is 35.6 Å². The van der Waals surface area contributed by atoms with Crippen molar-refractivity contribution in [1.82, 2.24) is 9.73 Å². The molecule has 1 heterocycles. The smallest absolute Gasteiger partial charge is 0.248 e. The Kier molecular flexibility index (Phi) is 7.96. The molecule has 0 amide bonds. The van der Waals surface area contributed by atoms with Crippen LogP contribution >= 0.6 is 11.6 Å². The summed E-state index contributed by atoms with van der Waals surface area (Å²) in [6.45, 7) is 0.240. The van der Waals surface area contributed by atoms with E-state index in [0.29, 0.717) is 29.1 Å². The Balaban J connectivity index is 1.55. The topological polar surface area (TPSA) is 134 Å². The summed E-state index contributed by atoms with van der Waals surface area (Å²) in [6, 6.07) is 20.7. The molecule has 1 aliphatic heterocycles. The molecule has 9 nitrogen and oxygen atoms in total. The summed E-state index contributed by atoms with van der Waals surface area (Å²) in [5, 5.41) is 11.2. The third kappa shape index (κ3) is 6.35. The molecule has 0 spiro atoms. The maximum Gasteiger partial charge on any atom is 0.264 e. The number of nitrogens with two attached hydrogens (primary N) is 1. The summed E-state index contributed by atoms with van der Waals surface area (Å²) < 4.78 is 66.9. The average Bonchev–Trinajstić information content (AvgIpc) is 3.57. The minimum Gasteiger partial charge on any atom is -0.248 e. The van der Waals surface area contributed by atoms with Crippen molar-refractivity contribution in [3.63, 3.8) is 0 Å². The number of rotatable bonds is 6. The van der Waals surface area contributed by atoms with E-state index in [9.17, 15) is 21.2 Å². The summed E-state index contributed by atoms with van der Waals surface area (Å²) in [7, 11) is -7.87. The van der Waals surface area contributed by atoms with Gasteiger partial charge in [-0.1, -0.05) is 54.1 Å². The zero-order chi connectivity index (χ0) is 28.5. The quantitative estimate of drug-likeness (QED) is 0.326. The highest BCUT2D eigenvalue weighted by molar-refractivity contribution is 7.90. The first kappa shape index (κ1) is 28.2. The third-order valence-electron chi connectivity index (χ3n) is 6.98. The lowest BCUT2D eigenvalue weighted by Crippen LogP contribution is -2.42. The van der Waals surface area contributed by atoms with E-state index in [1.165, 1.54) is 41.4 Å². The molecule has 3 atom stereocenters. The fraction of sp³-hybridized carbons (Fsp3) is 0.259. The van der Waals surface area contributed by atoms with Crippen molar-refractivity contribution in [2.24, 2.45) is 15.2 Å². The van der Waals surface area contributed by atoms with E-state index in [1.807, 2.05) is 30.3 Å². The molecule has 0 unspecified atom stereocenters. The summed E-state index contributed by atoms with van der Waals surface area (Å²) in [5.41, 5.74) is 2.22. The Bertz CT molecular complexity index is 1650. The zero-order valence-corrected chi connectivity index (χ0v) is 23.6. The molecular formula is C27H27ClFN5O4S2. The van der Waals surface area contributed by atoms with Gasteiger partial charge in [0.2, 0.25) is 16.0 Å². The van der Waals surface area contributed by atoms with Crippen molar-refractivity contribution in [3.8, 4) is 0 Å². The third-order valence-corrected chi connectivity index (χ3v) is 9.93. The van der Waals surface area contributed by atoms with E-state index in [4.69, 9.17) is 21.8 Å². The number of hydrogen-bond acceptors (Lipinski definition) is 6. The van der Waals surface area contributed by atoms with E-state index in [2.05, 4.69) is 9.71 Å². The van der Waals surface area contributed by atoms with Crippen LogP contribution in [0.25, 0.3) is 0 Å². The molecular weight excluding hydrogens is 577 g/mol. The number of hydrogen-bond donors (Lipinski definition) is 2. The standard InChI is InChI=1S/C27H27ClFN5O4S2/c28-20-8-13-23(14-9-20)40(37,38)33-27(31-22-12-15-24(16-22)39(30,35)36)34-17-25(18-4-2-1-3-5-18)26(32-34)19-6-10-21(29)11-7-19/h1-11,13-14,22,24-25H,12,15-17H2,(H,31,33)(H2,30,35,36)/t22-,24-,25+/m1/s1. The van der Waals surface area contributed by atoms with Crippen LogP contribution in [0, 0.1) is 5.82 Å². The summed E-state index contributed by atoms with van der Waals surface area (Å²) in [5.74, 6) is -0.718. The summed E-state index contributed by atoms with van der Waals surface area (Å²) in [6.07, 6.45) is 0.897. The molecule has 0 bridgehead atoms. The number of aliphatic imine (C=N–C) groups is 1. The van der Waals surface area contributed by atoms with Gasteiger partial charge in [-0.15, -0.1) is 0 Å². The van der Waals surface area contributed by atoms with Crippen LogP contribution in [0.5, 0.6) is 0 Å². The van der Waals surface area contributed by atoms with Gasteiger partial charge in [-0.25, -0.2) is 41.1 Å². The Morgan fingerprint density at radius 2 is 1.65 bits per heavy atom. The fourth-order valence-corrected chi connectivity index (χ4v) is 7.00. The van der Waals surface area contributed by atoms with Crippen molar-refractivity contribution in [1.29, 1.82) is 0 Å². The minimum atomic E-state index is -4.11. The largest absolute Gasteiger partial charge is 0.264 e. The highest BCUT2D eigenvalue weighted by Gasteiger charge is 2.36. The maximum absolute atomic E-state index is 13.7. The Morgan fingerprint density at radius 3 is 2.27 bits per heavy atom. The van der Waals surface area contributed by atoms with Crippen LogP contribution in [0.3, 0.4) is 0 Å². The lowest BCUT2D eigenvalue weighted by atomic mass is 9.91. The number of benzene rings is 3. The highest BCUT2D eigenvalue weighted by Crippen LogP contribution is 2.31. The van der Waals surface area contributed by atoms with Gasteiger partial charge in [0.25, 0.3) is 10.0 Å². The number of guanidine groups is 1. The van der Waals surface area contributed by atoms with Crippen LogP contribution < -0.4 is 9.86 Å². The first-order chi connectivity index (χ1) is 19.0. The normalized spacial score (nSPS) is 21.9. The van der Waals surface area contributed by atoms with Crippen LogP contribution in [0.1, 0.15) is 36.3 Å². The van der Waals surface area contributed by atoms with Crippen molar-refractivity contribution in [2.45, 2.75) is 41.4 Å². The molecule has 3 N–H and O–H groups in total. The van der Waals surface area contributed by atoms with Crippen LogP contribution in [-0.4, -0.2) is 51.4 Å². The second kappa shape index (κ2) is 11.3. The van der Waals surface area contributed by atoms with Gasteiger partial charge in [-0.3, -0.25) is 0 Å². The van der Waals surface area contributed by atoms with E-state index in [1.54, 1.807) is 12.1 Å². The summed E-state index contributed by atoms with van der Waals surface area (Å²) in [4.78, 5) is 4.63. The van der Waals surface area contributed by atoms with Gasteiger partial charge in [0, 0.05) is 10.9 Å². The number of hydrazone groups is 1. The molecule has 40 heavy (non-hydrogen) atoms. The second-order valence-corrected chi connectivity index (χ2v) is 13.7. The predicted molar refractivity (Wildman–Crippen MR) is 153 cm³/mol. The van der Waals surface area contributed by atoms with Gasteiger partial charge in [-0.05, 0) is 66.8 Å². The van der Waals surface area contributed by atoms with Gasteiger partial charge in [0.15, 0.2) is 0 Å². The lowest BCUT2D eigenvalue weighted by molar-refractivity contribution is 0.456. The molecule has 1 saturated carbocycles. The van der Waals surface area contributed by atoms with Crippen LogP contribution in [0.2, 0.25) is 5.02 Å². The van der Waals surface area contributed by atoms with Crippen molar-refractivity contribution >= 4 is 43.3 Å². The van der Waals surface area contributed by atoms with Crippen LogP contribution in [0.15, 0.2) is 93.9 Å². The van der Waals surface area contributed by atoms with Gasteiger partial charge < -0.3 is 0 Å². The molecule has 13 heteroatoms. The minimum absolute atomic E-state index is 0.0278. The van der Waals surface area contributed by atoms with Crippen molar-refractivity contribution in [2.75, 3.05) is 6.54 Å². The molecule has 0 saturated heterocycles. The molecule has 3 aromatic rings. The first-order valence-electron chi connectivity index (χ1n) is 12.5. The second-order valence-electron chi connectivity index (χ2n) is 9.73. The van der Waals surface area contributed by atoms with Gasteiger partial charge >= 0.3 is 0 Å². The predicted octanol–water partition coefficient (Wildman–Crippen LogP) is 3.83. The maximum atomic E-state index is 13.7. The summed E-state index contributed by atoms with van der Waals surface area (Å²) >= 11 is 5.95. The highest BCUT2D eigenvalue weighted by atomic mass is 35.5. The molecule has 0 aromatic heterocycles. The van der Waals surface area contributed by atoms with E-state index >= 15 is 0 Å². The SMILES string of the molecule is NS(=O)(=O)[C@@H]1CC[C@@H](N=C(NS(=O)(=O)c2ccc(Cl)cc2)N2C[C@@H](c3ccccc3)C(c3ccc(F)cc3)=N2)C1. The molecule has 5 rings (SSSR count). The van der Waals surface area contributed by atoms with Crippen LogP contribution in [-0.2, 0) is 20.0 Å². The monoisotopic (exact) mass is 603 g/mol. The number of nitrogens with one attached hydrogen (secondary N) is 1. The Hall–Kier alpha value is -3.32. The van der Waals surface area contributed by atoms with Crippen LogP contribution in [0.4, 0.5) is 4.39 Å². The Morgan fingerprint density at radius 1 is 0.975 bits per heavy atom. The van der Waals surface area contributed by atoms with Crippen molar-refractivity contribution in [3.05, 3.63) is 101 Å². The number of nitrogens with zero attached hydrogens (tertiary/aromatic N) is 3. The van der Waals surface area contributed by atoms with Gasteiger partial charge in [-0.2, -0.15) is 5.10 Å².